The Labute approximate surface area is 129 Å². The molecule has 1 aromatic carbocycles. The van der Waals surface area contributed by atoms with Gasteiger partial charge in [-0.25, -0.2) is 0 Å². The molecule has 1 atom stereocenters. The Morgan fingerprint density at radius 1 is 1.24 bits per heavy atom. The van der Waals surface area contributed by atoms with Gasteiger partial charge in [0.15, 0.2) is 0 Å². The molecular formula is C18H30N2O. The number of benzene rings is 1. The minimum atomic E-state index is -0.0430. The highest BCUT2D eigenvalue weighted by Gasteiger charge is 2.28. The molecule has 0 fully saturated rings. The third kappa shape index (κ3) is 5.50. The molecule has 3 nitrogen and oxygen atoms in total. The van der Waals surface area contributed by atoms with E-state index in [0.29, 0.717) is 19.0 Å². The SMILES string of the molecule is CC(C)C(Cc1ccccc1)C(=O)N(C)CC(C)(C)CN. The molecule has 0 heterocycles. The minimum Gasteiger partial charge on any atom is -0.345 e. The number of nitrogens with zero attached hydrogens (tertiary/aromatic N) is 1. The molecule has 1 unspecified atom stereocenters. The highest BCUT2D eigenvalue weighted by Crippen LogP contribution is 2.22. The van der Waals surface area contributed by atoms with Crippen molar-refractivity contribution in [3.63, 3.8) is 0 Å². The second-order valence-corrected chi connectivity index (χ2v) is 7.10. The zero-order valence-corrected chi connectivity index (χ0v) is 14.1. The maximum Gasteiger partial charge on any atom is 0.226 e. The standard InChI is InChI=1S/C18H30N2O/c1-14(2)16(11-15-9-7-6-8-10-15)17(21)20(5)13-18(3,4)12-19/h6-10,14,16H,11-13,19H2,1-5H3. The lowest BCUT2D eigenvalue weighted by Crippen LogP contribution is -2.43. The van der Waals surface area contributed by atoms with Gasteiger partial charge in [0, 0.05) is 19.5 Å². The van der Waals surface area contributed by atoms with Crippen LogP contribution in [0.2, 0.25) is 0 Å². The highest BCUT2D eigenvalue weighted by atomic mass is 16.2. The molecule has 0 saturated carbocycles. The van der Waals surface area contributed by atoms with Gasteiger partial charge in [0.2, 0.25) is 5.91 Å². The van der Waals surface area contributed by atoms with Crippen LogP contribution in [0.15, 0.2) is 30.3 Å². The van der Waals surface area contributed by atoms with Gasteiger partial charge in [-0.1, -0.05) is 58.0 Å². The molecule has 0 bridgehead atoms. The molecule has 1 rings (SSSR count). The van der Waals surface area contributed by atoms with Crippen LogP contribution in [0.4, 0.5) is 0 Å². The maximum atomic E-state index is 12.8. The van der Waals surface area contributed by atoms with E-state index in [4.69, 9.17) is 5.73 Å². The summed E-state index contributed by atoms with van der Waals surface area (Å²) < 4.78 is 0. The van der Waals surface area contributed by atoms with Gasteiger partial charge in [-0.3, -0.25) is 4.79 Å². The van der Waals surface area contributed by atoms with Crippen molar-refractivity contribution in [1.29, 1.82) is 0 Å². The smallest absolute Gasteiger partial charge is 0.226 e. The van der Waals surface area contributed by atoms with Gasteiger partial charge >= 0.3 is 0 Å². The van der Waals surface area contributed by atoms with Crippen molar-refractivity contribution in [3.8, 4) is 0 Å². The minimum absolute atomic E-state index is 0.0194. The first-order chi connectivity index (χ1) is 9.76. The van der Waals surface area contributed by atoms with Crippen LogP contribution in [0, 0.1) is 17.3 Å². The van der Waals surface area contributed by atoms with E-state index in [1.807, 2.05) is 30.1 Å². The Hall–Kier alpha value is -1.35. The van der Waals surface area contributed by atoms with E-state index < -0.39 is 0 Å². The zero-order chi connectivity index (χ0) is 16.0. The molecular weight excluding hydrogens is 260 g/mol. The average Bonchev–Trinajstić information content (AvgIpc) is 2.44. The number of hydrogen-bond acceptors (Lipinski definition) is 2. The second kappa shape index (κ2) is 7.60. The maximum absolute atomic E-state index is 12.8. The normalized spacial score (nSPS) is 13.3. The van der Waals surface area contributed by atoms with Gasteiger partial charge in [-0.05, 0) is 29.9 Å². The number of rotatable bonds is 7. The summed E-state index contributed by atoms with van der Waals surface area (Å²) >= 11 is 0. The second-order valence-electron chi connectivity index (χ2n) is 7.10. The molecule has 21 heavy (non-hydrogen) atoms. The zero-order valence-electron chi connectivity index (χ0n) is 14.1. The Bertz CT molecular complexity index is 440. The van der Waals surface area contributed by atoms with Crippen LogP contribution in [0.3, 0.4) is 0 Å². The molecule has 0 spiro atoms. The number of hydrogen-bond donors (Lipinski definition) is 1. The van der Waals surface area contributed by atoms with Crippen LogP contribution in [0.25, 0.3) is 0 Å². The van der Waals surface area contributed by atoms with Crippen molar-refractivity contribution in [2.24, 2.45) is 23.0 Å². The van der Waals surface area contributed by atoms with Crippen molar-refractivity contribution in [1.82, 2.24) is 4.90 Å². The molecule has 0 aliphatic rings. The van der Waals surface area contributed by atoms with Gasteiger partial charge in [0.1, 0.15) is 0 Å². The van der Waals surface area contributed by atoms with Gasteiger partial charge in [-0.2, -0.15) is 0 Å². The number of nitrogens with two attached hydrogens (primary N) is 1. The third-order valence-corrected chi connectivity index (χ3v) is 4.01. The molecule has 1 aromatic rings. The molecule has 0 aliphatic heterocycles. The summed E-state index contributed by atoms with van der Waals surface area (Å²) in [4.78, 5) is 14.6. The molecule has 0 aliphatic carbocycles. The monoisotopic (exact) mass is 290 g/mol. The fourth-order valence-corrected chi connectivity index (χ4v) is 2.54. The van der Waals surface area contributed by atoms with Gasteiger partial charge in [0.05, 0.1) is 0 Å². The van der Waals surface area contributed by atoms with E-state index in [1.165, 1.54) is 5.56 Å². The molecule has 0 aromatic heterocycles. The summed E-state index contributed by atoms with van der Waals surface area (Å²) in [6.07, 6.45) is 0.796. The van der Waals surface area contributed by atoms with E-state index >= 15 is 0 Å². The summed E-state index contributed by atoms with van der Waals surface area (Å²) in [6, 6.07) is 10.2. The third-order valence-electron chi connectivity index (χ3n) is 4.01. The Balaban J connectivity index is 2.78. The summed E-state index contributed by atoms with van der Waals surface area (Å²) in [5.74, 6) is 0.558. The number of carbonyl (C=O) groups excluding carboxylic acids is 1. The average molecular weight is 290 g/mol. The predicted octanol–water partition coefficient (Wildman–Crippen LogP) is 2.94. The van der Waals surface area contributed by atoms with Crippen LogP contribution in [0.5, 0.6) is 0 Å². The quantitative estimate of drug-likeness (QED) is 0.839. The molecule has 0 radical (unpaired) electrons. The Morgan fingerprint density at radius 3 is 2.29 bits per heavy atom. The van der Waals surface area contributed by atoms with E-state index in [9.17, 15) is 4.79 Å². The van der Waals surface area contributed by atoms with Gasteiger partial charge < -0.3 is 10.6 Å². The largest absolute Gasteiger partial charge is 0.345 e. The summed E-state index contributed by atoms with van der Waals surface area (Å²) in [5.41, 5.74) is 6.95. The fourth-order valence-electron chi connectivity index (χ4n) is 2.54. The molecule has 2 N–H and O–H groups in total. The summed E-state index contributed by atoms with van der Waals surface area (Å²) in [5, 5.41) is 0. The first-order valence-corrected chi connectivity index (χ1v) is 7.76. The van der Waals surface area contributed by atoms with E-state index in [1.54, 1.807) is 0 Å². The van der Waals surface area contributed by atoms with Crippen molar-refractivity contribution in [2.45, 2.75) is 34.1 Å². The van der Waals surface area contributed by atoms with E-state index in [-0.39, 0.29) is 17.2 Å². The highest BCUT2D eigenvalue weighted by molar-refractivity contribution is 5.79. The van der Waals surface area contributed by atoms with Crippen LogP contribution < -0.4 is 5.73 Å². The van der Waals surface area contributed by atoms with Crippen molar-refractivity contribution >= 4 is 5.91 Å². The van der Waals surface area contributed by atoms with Gasteiger partial charge in [0.25, 0.3) is 0 Å². The van der Waals surface area contributed by atoms with E-state index in [2.05, 4.69) is 39.8 Å². The van der Waals surface area contributed by atoms with Crippen molar-refractivity contribution in [2.75, 3.05) is 20.1 Å². The predicted molar refractivity (Wildman–Crippen MR) is 88.9 cm³/mol. The Kier molecular flexibility index (Phi) is 6.41. The first kappa shape index (κ1) is 17.7. The van der Waals surface area contributed by atoms with Crippen LogP contribution in [-0.2, 0) is 11.2 Å². The molecule has 118 valence electrons. The lowest BCUT2D eigenvalue weighted by Gasteiger charge is -2.32. The lowest BCUT2D eigenvalue weighted by molar-refractivity contribution is -0.136. The lowest BCUT2D eigenvalue weighted by atomic mass is 9.87. The molecule has 0 saturated heterocycles. The molecule has 1 amide bonds. The number of carbonyl (C=O) groups is 1. The van der Waals surface area contributed by atoms with Crippen molar-refractivity contribution < 1.29 is 4.79 Å². The summed E-state index contributed by atoms with van der Waals surface area (Å²) in [6.45, 7) is 9.70. The van der Waals surface area contributed by atoms with E-state index in [0.717, 1.165) is 6.42 Å². The van der Waals surface area contributed by atoms with Gasteiger partial charge in [-0.15, -0.1) is 0 Å². The summed E-state index contributed by atoms with van der Waals surface area (Å²) in [7, 11) is 1.89. The van der Waals surface area contributed by atoms with Crippen LogP contribution in [-0.4, -0.2) is 30.9 Å². The first-order valence-electron chi connectivity index (χ1n) is 7.76. The Morgan fingerprint density at radius 2 is 1.81 bits per heavy atom. The van der Waals surface area contributed by atoms with Crippen LogP contribution in [0.1, 0.15) is 33.3 Å². The number of amides is 1. The van der Waals surface area contributed by atoms with Crippen LogP contribution >= 0.6 is 0 Å². The van der Waals surface area contributed by atoms with Crippen molar-refractivity contribution in [3.05, 3.63) is 35.9 Å². The fraction of sp³-hybridized carbons (Fsp3) is 0.611. The topological polar surface area (TPSA) is 46.3 Å². The molecule has 3 heteroatoms.